The van der Waals surface area contributed by atoms with Gasteiger partial charge in [-0.05, 0) is 24.6 Å². The van der Waals surface area contributed by atoms with E-state index in [0.29, 0.717) is 11.3 Å². The monoisotopic (exact) mass is 309 g/mol. The number of allylic oxidation sites excluding steroid dienone is 1. The lowest BCUT2D eigenvalue weighted by atomic mass is 10.1. The molecule has 0 spiro atoms. The van der Waals surface area contributed by atoms with E-state index in [9.17, 15) is 13.2 Å². The third kappa shape index (κ3) is 5.12. The van der Waals surface area contributed by atoms with Gasteiger partial charge in [0.1, 0.15) is 5.75 Å². The van der Waals surface area contributed by atoms with Gasteiger partial charge in [0.05, 0.1) is 0 Å². The molecule has 2 nitrogen and oxygen atoms in total. The Labute approximate surface area is 105 Å². The molecule has 1 aromatic carbocycles. The van der Waals surface area contributed by atoms with Crippen molar-refractivity contribution < 1.29 is 17.9 Å². The number of anilines is 1. The lowest BCUT2D eigenvalue weighted by Crippen LogP contribution is -2.17. The van der Waals surface area contributed by atoms with Gasteiger partial charge in [0, 0.05) is 16.6 Å². The summed E-state index contributed by atoms with van der Waals surface area (Å²) in [6.45, 7) is 0. The summed E-state index contributed by atoms with van der Waals surface area (Å²) in [6, 6.07) is 3.83. The van der Waals surface area contributed by atoms with E-state index in [1.165, 1.54) is 18.2 Å². The molecule has 17 heavy (non-hydrogen) atoms. The normalized spacial score (nSPS) is 12.0. The van der Waals surface area contributed by atoms with Crippen molar-refractivity contribution in [2.45, 2.75) is 12.8 Å². The van der Waals surface area contributed by atoms with Gasteiger partial charge in [0.15, 0.2) is 0 Å². The lowest BCUT2D eigenvalue weighted by Gasteiger charge is -2.10. The van der Waals surface area contributed by atoms with E-state index < -0.39 is 6.36 Å². The summed E-state index contributed by atoms with van der Waals surface area (Å²) in [4.78, 5) is 0. The maximum Gasteiger partial charge on any atom is 0.573 e. The fourth-order valence-electron chi connectivity index (χ4n) is 1.17. The third-order valence-electron chi connectivity index (χ3n) is 1.87. The Kier molecular flexibility index (Phi) is 4.86. The average Bonchev–Trinajstić information content (AvgIpc) is 2.21. The molecule has 1 rings (SSSR count). The molecule has 1 aromatic rings. The highest BCUT2D eigenvalue weighted by atomic mass is 79.9. The summed E-state index contributed by atoms with van der Waals surface area (Å²) in [7, 11) is 0. The van der Waals surface area contributed by atoms with Crippen molar-refractivity contribution in [2.75, 3.05) is 11.1 Å². The Morgan fingerprint density at radius 2 is 2.06 bits per heavy atom. The van der Waals surface area contributed by atoms with E-state index in [2.05, 4.69) is 20.7 Å². The summed E-state index contributed by atoms with van der Waals surface area (Å²) in [6.07, 6.45) is -0.436. The van der Waals surface area contributed by atoms with E-state index in [1.807, 2.05) is 6.08 Å². The van der Waals surface area contributed by atoms with E-state index in [1.54, 1.807) is 6.08 Å². The molecule has 0 unspecified atom stereocenters. The summed E-state index contributed by atoms with van der Waals surface area (Å²) in [5, 5.41) is 0.780. The first-order valence-electron chi connectivity index (χ1n) is 4.80. The van der Waals surface area contributed by atoms with E-state index in [0.717, 1.165) is 11.8 Å². The highest BCUT2D eigenvalue weighted by Gasteiger charge is 2.31. The molecule has 0 amide bonds. The predicted octanol–water partition coefficient (Wildman–Crippen LogP) is 3.97. The minimum atomic E-state index is -4.69. The van der Waals surface area contributed by atoms with Gasteiger partial charge in [0.2, 0.25) is 0 Å². The largest absolute Gasteiger partial charge is 0.573 e. The highest BCUT2D eigenvalue weighted by molar-refractivity contribution is 9.09. The van der Waals surface area contributed by atoms with Crippen LogP contribution >= 0.6 is 15.9 Å². The fourth-order valence-corrected chi connectivity index (χ4v) is 1.43. The molecule has 0 aliphatic rings. The minimum Gasteiger partial charge on any atom is -0.406 e. The van der Waals surface area contributed by atoms with Crippen LogP contribution in [0.15, 0.2) is 24.3 Å². The van der Waals surface area contributed by atoms with Crippen molar-refractivity contribution in [3.63, 3.8) is 0 Å². The van der Waals surface area contributed by atoms with Gasteiger partial charge in [-0.25, -0.2) is 0 Å². The first kappa shape index (κ1) is 13.9. The standard InChI is InChI=1S/C11H11BrF3NO/c12-6-2-1-3-8-7-9(4-5-10(8)16)17-11(13,14)15/h1,3-5,7H,2,6,16H2. The fraction of sp³-hybridized carbons (Fsp3) is 0.273. The van der Waals surface area contributed by atoms with Gasteiger partial charge >= 0.3 is 6.36 Å². The Bertz CT molecular complexity index is 404. The molecule has 0 aliphatic heterocycles. The van der Waals surface area contributed by atoms with Crippen LogP contribution in [0.5, 0.6) is 5.75 Å². The Hall–Kier alpha value is -1.17. The highest BCUT2D eigenvalue weighted by Crippen LogP contribution is 2.26. The Morgan fingerprint density at radius 3 is 2.65 bits per heavy atom. The van der Waals surface area contributed by atoms with Crippen LogP contribution in [0.1, 0.15) is 12.0 Å². The number of ether oxygens (including phenoxy) is 1. The van der Waals surface area contributed by atoms with Crippen LogP contribution in [0.4, 0.5) is 18.9 Å². The van der Waals surface area contributed by atoms with Gasteiger partial charge in [-0.15, -0.1) is 13.2 Å². The van der Waals surface area contributed by atoms with Crippen LogP contribution in [0.2, 0.25) is 0 Å². The smallest absolute Gasteiger partial charge is 0.406 e. The molecular formula is C11H11BrF3NO. The molecule has 2 N–H and O–H groups in total. The van der Waals surface area contributed by atoms with Crippen molar-refractivity contribution in [1.82, 2.24) is 0 Å². The molecule has 0 saturated heterocycles. The van der Waals surface area contributed by atoms with Crippen molar-refractivity contribution in [3.8, 4) is 5.75 Å². The van der Waals surface area contributed by atoms with Crippen molar-refractivity contribution in [3.05, 3.63) is 29.8 Å². The van der Waals surface area contributed by atoms with E-state index in [4.69, 9.17) is 5.73 Å². The summed E-state index contributed by atoms with van der Waals surface area (Å²) in [5.74, 6) is -0.273. The molecular weight excluding hydrogens is 299 g/mol. The molecule has 94 valence electrons. The molecule has 0 aromatic heterocycles. The Balaban J connectivity index is 2.86. The summed E-state index contributed by atoms with van der Waals surface area (Å²) >= 11 is 3.24. The lowest BCUT2D eigenvalue weighted by molar-refractivity contribution is -0.274. The molecule has 0 bridgehead atoms. The molecule has 6 heteroatoms. The number of alkyl halides is 4. The number of nitrogen functional groups attached to an aromatic ring is 1. The number of hydrogen-bond donors (Lipinski definition) is 1. The Morgan fingerprint density at radius 1 is 1.35 bits per heavy atom. The molecule has 0 aliphatic carbocycles. The minimum absolute atomic E-state index is 0.273. The van der Waals surface area contributed by atoms with Crippen LogP contribution in [0.25, 0.3) is 6.08 Å². The zero-order chi connectivity index (χ0) is 12.9. The summed E-state index contributed by atoms with van der Waals surface area (Å²) < 4.78 is 39.8. The number of nitrogens with two attached hydrogens (primary N) is 1. The molecule has 0 fully saturated rings. The zero-order valence-electron chi connectivity index (χ0n) is 8.80. The maximum absolute atomic E-state index is 12.0. The van der Waals surface area contributed by atoms with Gasteiger partial charge in [0.25, 0.3) is 0 Å². The zero-order valence-corrected chi connectivity index (χ0v) is 10.4. The number of rotatable bonds is 4. The quantitative estimate of drug-likeness (QED) is 0.675. The SMILES string of the molecule is Nc1ccc(OC(F)(F)F)cc1C=CCCBr. The first-order chi connectivity index (χ1) is 7.92. The second-order valence-corrected chi connectivity index (χ2v) is 4.01. The van der Waals surface area contributed by atoms with Crippen LogP contribution in [0, 0.1) is 0 Å². The molecule has 0 radical (unpaired) electrons. The van der Waals surface area contributed by atoms with E-state index in [-0.39, 0.29) is 5.75 Å². The number of benzene rings is 1. The molecule has 0 saturated carbocycles. The average molecular weight is 310 g/mol. The van der Waals surface area contributed by atoms with Crippen LogP contribution in [-0.2, 0) is 0 Å². The van der Waals surface area contributed by atoms with Crippen LogP contribution < -0.4 is 10.5 Å². The second kappa shape index (κ2) is 5.95. The van der Waals surface area contributed by atoms with Gasteiger partial charge in [-0.1, -0.05) is 28.1 Å². The van der Waals surface area contributed by atoms with Crippen LogP contribution in [-0.4, -0.2) is 11.7 Å². The second-order valence-electron chi connectivity index (χ2n) is 3.22. The van der Waals surface area contributed by atoms with Crippen LogP contribution in [0.3, 0.4) is 0 Å². The maximum atomic E-state index is 12.0. The van der Waals surface area contributed by atoms with Gasteiger partial charge < -0.3 is 10.5 Å². The number of halogens is 4. The predicted molar refractivity (Wildman–Crippen MR) is 65.0 cm³/mol. The topological polar surface area (TPSA) is 35.2 Å². The third-order valence-corrected chi connectivity index (χ3v) is 2.32. The van der Waals surface area contributed by atoms with Crippen molar-refractivity contribution >= 4 is 27.7 Å². The van der Waals surface area contributed by atoms with Crippen molar-refractivity contribution in [1.29, 1.82) is 0 Å². The molecule has 0 heterocycles. The number of hydrogen-bond acceptors (Lipinski definition) is 2. The van der Waals surface area contributed by atoms with E-state index >= 15 is 0 Å². The van der Waals surface area contributed by atoms with Crippen molar-refractivity contribution in [2.24, 2.45) is 0 Å². The summed E-state index contributed by atoms with van der Waals surface area (Å²) in [5.41, 5.74) is 6.55. The van der Waals surface area contributed by atoms with Gasteiger partial charge in [-0.3, -0.25) is 0 Å². The molecule has 0 atom stereocenters. The first-order valence-corrected chi connectivity index (χ1v) is 5.92. The van der Waals surface area contributed by atoms with Gasteiger partial charge in [-0.2, -0.15) is 0 Å².